The van der Waals surface area contributed by atoms with Crippen LogP contribution in [0.15, 0.2) is 72.9 Å². The third-order valence-corrected chi connectivity index (χ3v) is 5.96. The van der Waals surface area contributed by atoms with Gasteiger partial charge in [0.1, 0.15) is 5.82 Å². The number of hydrogen-bond acceptors (Lipinski definition) is 3. The Morgan fingerprint density at radius 1 is 1.07 bits per heavy atom. The quantitative estimate of drug-likeness (QED) is 0.675. The summed E-state index contributed by atoms with van der Waals surface area (Å²) in [6.45, 7) is 2.19. The van der Waals surface area contributed by atoms with E-state index in [1.165, 1.54) is 6.07 Å². The number of benzene rings is 2. The van der Waals surface area contributed by atoms with Crippen LogP contribution in [-0.2, 0) is 17.8 Å². The molecule has 1 amide bonds. The van der Waals surface area contributed by atoms with Gasteiger partial charge in [0.2, 0.25) is 5.91 Å². The second kappa shape index (κ2) is 8.76. The lowest BCUT2D eigenvalue weighted by atomic mass is 9.78. The standard InChI is InChI=1S/C25H26FN3O/c1-27-24(30)25(13-15-29(18-25)17-20-9-6-7-14-28-20)16-19-8-2-3-10-21(19)22-11-4-5-12-23(22)26/h2-12,14H,13,15-18H2,1H3,(H,27,30). The van der Waals surface area contributed by atoms with Crippen molar-refractivity contribution in [1.82, 2.24) is 15.2 Å². The third kappa shape index (κ3) is 4.12. The topological polar surface area (TPSA) is 45.2 Å². The Labute approximate surface area is 176 Å². The van der Waals surface area contributed by atoms with Crippen molar-refractivity contribution in [2.24, 2.45) is 5.41 Å². The summed E-state index contributed by atoms with van der Waals surface area (Å²) < 4.78 is 14.5. The lowest BCUT2D eigenvalue weighted by Crippen LogP contribution is -2.43. The summed E-state index contributed by atoms with van der Waals surface area (Å²) in [6, 6.07) is 20.5. The highest BCUT2D eigenvalue weighted by Gasteiger charge is 2.44. The molecule has 1 atom stereocenters. The van der Waals surface area contributed by atoms with E-state index in [4.69, 9.17) is 0 Å². The molecule has 3 aromatic rings. The van der Waals surface area contributed by atoms with E-state index in [0.29, 0.717) is 25.1 Å². The first-order valence-corrected chi connectivity index (χ1v) is 10.3. The zero-order valence-electron chi connectivity index (χ0n) is 17.1. The fraction of sp³-hybridized carbons (Fsp3) is 0.280. The maximum atomic E-state index is 14.5. The fourth-order valence-corrected chi connectivity index (χ4v) is 4.47. The minimum absolute atomic E-state index is 0.0364. The maximum absolute atomic E-state index is 14.5. The number of nitrogens with one attached hydrogen (secondary N) is 1. The van der Waals surface area contributed by atoms with Crippen LogP contribution in [0, 0.1) is 11.2 Å². The van der Waals surface area contributed by atoms with Crippen LogP contribution < -0.4 is 5.32 Å². The SMILES string of the molecule is CNC(=O)C1(Cc2ccccc2-c2ccccc2F)CCN(Cc2ccccn2)C1. The Hall–Kier alpha value is -3.05. The average Bonchev–Trinajstić information content (AvgIpc) is 3.18. The number of carbonyl (C=O) groups is 1. The number of amides is 1. The van der Waals surface area contributed by atoms with E-state index in [-0.39, 0.29) is 11.7 Å². The van der Waals surface area contributed by atoms with Gasteiger partial charge in [-0.3, -0.25) is 14.7 Å². The van der Waals surface area contributed by atoms with Crippen molar-refractivity contribution >= 4 is 5.91 Å². The highest BCUT2D eigenvalue weighted by atomic mass is 19.1. The van der Waals surface area contributed by atoms with Gasteiger partial charge in [0.15, 0.2) is 0 Å². The largest absolute Gasteiger partial charge is 0.359 e. The second-order valence-corrected chi connectivity index (χ2v) is 7.95. The van der Waals surface area contributed by atoms with Gasteiger partial charge in [-0.2, -0.15) is 0 Å². The number of aromatic nitrogens is 1. The molecule has 0 bridgehead atoms. The molecule has 2 heterocycles. The lowest BCUT2D eigenvalue weighted by Gasteiger charge is -2.29. The van der Waals surface area contributed by atoms with Crippen molar-refractivity contribution in [3.63, 3.8) is 0 Å². The first kappa shape index (κ1) is 20.2. The van der Waals surface area contributed by atoms with Crippen LogP contribution in [-0.4, -0.2) is 35.9 Å². The van der Waals surface area contributed by atoms with Crippen molar-refractivity contribution in [2.75, 3.05) is 20.1 Å². The molecule has 0 spiro atoms. The average molecular weight is 404 g/mol. The van der Waals surface area contributed by atoms with E-state index in [2.05, 4.69) is 15.2 Å². The second-order valence-electron chi connectivity index (χ2n) is 7.95. The zero-order chi connectivity index (χ0) is 21.0. The molecule has 0 saturated carbocycles. The third-order valence-electron chi connectivity index (χ3n) is 5.96. The van der Waals surface area contributed by atoms with Crippen molar-refractivity contribution in [3.05, 3.63) is 90.0 Å². The van der Waals surface area contributed by atoms with Gasteiger partial charge in [-0.05, 0) is 48.7 Å². The van der Waals surface area contributed by atoms with Crippen LogP contribution in [0.5, 0.6) is 0 Å². The summed E-state index contributed by atoms with van der Waals surface area (Å²) in [5.41, 5.74) is 2.86. The molecule has 1 N–H and O–H groups in total. The van der Waals surface area contributed by atoms with Crippen LogP contribution >= 0.6 is 0 Å². The summed E-state index contributed by atoms with van der Waals surface area (Å²) in [7, 11) is 1.69. The molecule has 1 aliphatic rings. The Morgan fingerprint density at radius 3 is 2.53 bits per heavy atom. The van der Waals surface area contributed by atoms with Crippen LogP contribution in [0.1, 0.15) is 17.7 Å². The van der Waals surface area contributed by atoms with Gasteiger partial charge in [-0.15, -0.1) is 0 Å². The molecule has 0 aliphatic carbocycles. The molecule has 4 nitrogen and oxygen atoms in total. The predicted molar refractivity (Wildman–Crippen MR) is 116 cm³/mol. The Morgan fingerprint density at radius 2 is 1.80 bits per heavy atom. The molecule has 1 aliphatic heterocycles. The van der Waals surface area contributed by atoms with Gasteiger partial charge in [-0.1, -0.05) is 48.5 Å². The molecule has 1 saturated heterocycles. The molecule has 0 radical (unpaired) electrons. The fourth-order valence-electron chi connectivity index (χ4n) is 4.47. The van der Waals surface area contributed by atoms with E-state index in [0.717, 1.165) is 29.8 Å². The molecule has 1 unspecified atom stereocenters. The lowest BCUT2D eigenvalue weighted by molar-refractivity contribution is -0.130. The van der Waals surface area contributed by atoms with Gasteiger partial charge in [0, 0.05) is 31.9 Å². The van der Waals surface area contributed by atoms with Crippen LogP contribution in [0.4, 0.5) is 4.39 Å². The molecular weight excluding hydrogens is 377 g/mol. The molecule has 154 valence electrons. The van der Waals surface area contributed by atoms with Crippen molar-refractivity contribution in [3.8, 4) is 11.1 Å². The number of hydrogen-bond donors (Lipinski definition) is 1. The van der Waals surface area contributed by atoms with Crippen LogP contribution in [0.2, 0.25) is 0 Å². The van der Waals surface area contributed by atoms with E-state index >= 15 is 0 Å². The van der Waals surface area contributed by atoms with Crippen molar-refractivity contribution < 1.29 is 9.18 Å². The molecule has 2 aromatic carbocycles. The Bertz CT molecular complexity index is 1020. The van der Waals surface area contributed by atoms with Gasteiger partial charge in [-0.25, -0.2) is 4.39 Å². The maximum Gasteiger partial charge on any atom is 0.227 e. The molecule has 1 fully saturated rings. The number of pyridine rings is 1. The van der Waals surface area contributed by atoms with E-state index < -0.39 is 5.41 Å². The van der Waals surface area contributed by atoms with Gasteiger partial charge in [0.25, 0.3) is 0 Å². The van der Waals surface area contributed by atoms with Crippen LogP contribution in [0.25, 0.3) is 11.1 Å². The monoisotopic (exact) mass is 403 g/mol. The molecular formula is C25H26FN3O. The minimum atomic E-state index is -0.551. The van der Waals surface area contributed by atoms with Gasteiger partial charge in [0.05, 0.1) is 11.1 Å². The Balaban J connectivity index is 1.63. The summed E-state index contributed by atoms with van der Waals surface area (Å²) in [4.78, 5) is 19.7. The normalized spacial score (nSPS) is 19.0. The summed E-state index contributed by atoms with van der Waals surface area (Å²) in [5, 5.41) is 2.87. The number of nitrogens with zero attached hydrogens (tertiary/aromatic N) is 2. The van der Waals surface area contributed by atoms with Gasteiger partial charge >= 0.3 is 0 Å². The first-order chi connectivity index (χ1) is 14.6. The predicted octanol–water partition coefficient (Wildman–Crippen LogP) is 4.07. The molecule has 5 heteroatoms. The smallest absolute Gasteiger partial charge is 0.227 e. The number of halogens is 1. The molecule has 1 aromatic heterocycles. The van der Waals surface area contributed by atoms with Gasteiger partial charge < -0.3 is 5.32 Å². The summed E-state index contributed by atoms with van der Waals surface area (Å²) >= 11 is 0. The first-order valence-electron chi connectivity index (χ1n) is 10.3. The summed E-state index contributed by atoms with van der Waals surface area (Å²) in [6.07, 6.45) is 3.11. The van der Waals surface area contributed by atoms with E-state index in [1.807, 2.05) is 48.5 Å². The van der Waals surface area contributed by atoms with Crippen molar-refractivity contribution in [2.45, 2.75) is 19.4 Å². The zero-order valence-corrected chi connectivity index (χ0v) is 17.1. The Kier molecular flexibility index (Phi) is 5.91. The van der Waals surface area contributed by atoms with Crippen molar-refractivity contribution in [1.29, 1.82) is 0 Å². The summed E-state index contributed by atoms with van der Waals surface area (Å²) in [5.74, 6) is -0.212. The number of likely N-dealkylation sites (tertiary alicyclic amines) is 1. The minimum Gasteiger partial charge on any atom is -0.359 e. The number of carbonyl (C=O) groups excluding carboxylic acids is 1. The molecule has 30 heavy (non-hydrogen) atoms. The molecule has 4 rings (SSSR count). The van der Waals surface area contributed by atoms with Crippen LogP contribution in [0.3, 0.4) is 0 Å². The van der Waals surface area contributed by atoms with E-state index in [1.54, 1.807) is 25.4 Å². The highest BCUT2D eigenvalue weighted by Crippen LogP contribution is 2.38. The highest BCUT2D eigenvalue weighted by molar-refractivity contribution is 5.84. The van der Waals surface area contributed by atoms with E-state index in [9.17, 15) is 9.18 Å². The number of rotatable bonds is 6.